The molecule has 0 aliphatic rings. The van der Waals surface area contributed by atoms with E-state index < -0.39 is 0 Å². The van der Waals surface area contributed by atoms with Crippen LogP contribution in [-0.4, -0.2) is 10.2 Å². The van der Waals surface area contributed by atoms with Gasteiger partial charge in [0.25, 0.3) is 5.56 Å². The lowest BCUT2D eigenvalue weighted by molar-refractivity contribution is 0.626. The van der Waals surface area contributed by atoms with Crippen LogP contribution in [0, 0.1) is 5.82 Å². The van der Waals surface area contributed by atoms with Crippen molar-refractivity contribution in [2.24, 2.45) is 0 Å². The minimum absolute atomic E-state index is 0.238. The SMILES string of the molecule is O=c1ccc(Sc2ccc(F)cc2)n[nH]1. The molecule has 0 saturated heterocycles. The van der Waals surface area contributed by atoms with Crippen molar-refractivity contribution in [2.75, 3.05) is 0 Å². The summed E-state index contributed by atoms with van der Waals surface area (Å²) in [5.41, 5.74) is -0.238. The molecule has 0 atom stereocenters. The molecule has 0 bridgehead atoms. The molecule has 0 aliphatic carbocycles. The molecule has 0 amide bonds. The first kappa shape index (κ1) is 9.92. The van der Waals surface area contributed by atoms with Crippen LogP contribution in [0.25, 0.3) is 0 Å². The van der Waals surface area contributed by atoms with Crippen LogP contribution in [0.1, 0.15) is 0 Å². The lowest BCUT2D eigenvalue weighted by atomic mass is 10.4. The van der Waals surface area contributed by atoms with Gasteiger partial charge in [0, 0.05) is 11.0 Å². The Labute approximate surface area is 89.3 Å². The molecule has 2 aromatic rings. The summed E-state index contributed by atoms with van der Waals surface area (Å²) in [6.07, 6.45) is 0. The molecule has 5 heteroatoms. The largest absolute Gasteiger partial charge is 0.268 e. The van der Waals surface area contributed by atoms with E-state index in [9.17, 15) is 9.18 Å². The second-order valence-corrected chi connectivity index (χ2v) is 3.91. The molecule has 0 saturated carbocycles. The number of aromatic nitrogens is 2. The summed E-state index contributed by atoms with van der Waals surface area (Å²) >= 11 is 1.36. The van der Waals surface area contributed by atoms with Crippen LogP contribution in [0.15, 0.2) is 51.1 Å². The summed E-state index contributed by atoms with van der Waals surface area (Å²) in [6.45, 7) is 0. The molecular formula is C10H7FN2OS. The van der Waals surface area contributed by atoms with Crippen molar-refractivity contribution < 1.29 is 4.39 Å². The molecule has 1 aromatic heterocycles. The first-order chi connectivity index (χ1) is 7.24. The smallest absolute Gasteiger partial charge is 0.264 e. The van der Waals surface area contributed by atoms with E-state index in [1.807, 2.05) is 0 Å². The van der Waals surface area contributed by atoms with E-state index in [0.717, 1.165) is 4.90 Å². The lowest BCUT2D eigenvalue weighted by Crippen LogP contribution is -2.04. The van der Waals surface area contributed by atoms with Crippen molar-refractivity contribution in [1.82, 2.24) is 10.2 Å². The van der Waals surface area contributed by atoms with Gasteiger partial charge in [-0.2, -0.15) is 5.10 Å². The van der Waals surface area contributed by atoms with Crippen LogP contribution in [0.2, 0.25) is 0 Å². The maximum absolute atomic E-state index is 12.6. The second kappa shape index (κ2) is 4.27. The fourth-order valence-corrected chi connectivity index (χ4v) is 1.75. The molecule has 0 unspecified atom stereocenters. The zero-order valence-corrected chi connectivity index (χ0v) is 8.42. The number of halogens is 1. The monoisotopic (exact) mass is 222 g/mol. The topological polar surface area (TPSA) is 45.8 Å². The van der Waals surface area contributed by atoms with Crippen LogP contribution in [0.5, 0.6) is 0 Å². The highest BCUT2D eigenvalue weighted by Crippen LogP contribution is 2.24. The average Bonchev–Trinajstić information content (AvgIpc) is 2.25. The van der Waals surface area contributed by atoms with Crippen molar-refractivity contribution in [1.29, 1.82) is 0 Å². The highest BCUT2D eigenvalue weighted by Gasteiger charge is 1.98. The molecule has 0 radical (unpaired) electrons. The van der Waals surface area contributed by atoms with Gasteiger partial charge < -0.3 is 0 Å². The van der Waals surface area contributed by atoms with Gasteiger partial charge in [0.15, 0.2) is 0 Å². The highest BCUT2D eigenvalue weighted by molar-refractivity contribution is 7.99. The van der Waals surface area contributed by atoms with Crippen LogP contribution >= 0.6 is 11.8 Å². The van der Waals surface area contributed by atoms with Gasteiger partial charge >= 0.3 is 0 Å². The second-order valence-electron chi connectivity index (χ2n) is 2.82. The van der Waals surface area contributed by atoms with E-state index in [2.05, 4.69) is 10.2 Å². The normalized spacial score (nSPS) is 10.2. The van der Waals surface area contributed by atoms with Crippen molar-refractivity contribution in [3.63, 3.8) is 0 Å². The maximum Gasteiger partial charge on any atom is 0.264 e. The fraction of sp³-hybridized carbons (Fsp3) is 0. The van der Waals surface area contributed by atoms with Gasteiger partial charge in [0.05, 0.1) is 0 Å². The summed E-state index contributed by atoms with van der Waals surface area (Å²) in [6, 6.07) is 9.10. The first-order valence-electron chi connectivity index (χ1n) is 4.23. The number of aromatic amines is 1. The maximum atomic E-state index is 12.6. The number of nitrogens with one attached hydrogen (secondary N) is 1. The van der Waals surface area contributed by atoms with Crippen molar-refractivity contribution in [3.05, 3.63) is 52.6 Å². The highest BCUT2D eigenvalue weighted by atomic mass is 32.2. The van der Waals surface area contributed by atoms with E-state index >= 15 is 0 Å². The molecule has 0 spiro atoms. The van der Waals surface area contributed by atoms with Gasteiger partial charge in [-0.15, -0.1) is 0 Å². The molecular weight excluding hydrogens is 215 g/mol. The number of hydrogen-bond acceptors (Lipinski definition) is 3. The number of rotatable bonds is 2. The lowest BCUT2D eigenvalue weighted by Gasteiger charge is -1.98. The van der Waals surface area contributed by atoms with E-state index in [1.54, 1.807) is 18.2 Å². The molecule has 1 heterocycles. The van der Waals surface area contributed by atoms with Gasteiger partial charge in [-0.25, -0.2) is 9.49 Å². The first-order valence-corrected chi connectivity index (χ1v) is 5.05. The van der Waals surface area contributed by atoms with Crippen LogP contribution in [0.4, 0.5) is 4.39 Å². The summed E-state index contributed by atoms with van der Waals surface area (Å²) < 4.78 is 12.6. The Balaban J connectivity index is 2.18. The molecule has 0 aliphatic heterocycles. The molecule has 76 valence electrons. The molecule has 1 N–H and O–H groups in total. The number of benzene rings is 1. The Kier molecular flexibility index (Phi) is 2.82. The van der Waals surface area contributed by atoms with Gasteiger partial charge in [0.2, 0.25) is 0 Å². The summed E-state index contributed by atoms with van der Waals surface area (Å²) in [5.74, 6) is -0.270. The van der Waals surface area contributed by atoms with E-state index in [4.69, 9.17) is 0 Å². The van der Waals surface area contributed by atoms with Crippen molar-refractivity contribution in [2.45, 2.75) is 9.92 Å². The van der Waals surface area contributed by atoms with Crippen molar-refractivity contribution >= 4 is 11.8 Å². The summed E-state index contributed by atoms with van der Waals surface area (Å²) in [5, 5.41) is 6.83. The van der Waals surface area contributed by atoms with Gasteiger partial charge in [-0.1, -0.05) is 11.8 Å². The van der Waals surface area contributed by atoms with Crippen LogP contribution in [-0.2, 0) is 0 Å². The van der Waals surface area contributed by atoms with Crippen LogP contribution in [0.3, 0.4) is 0 Å². The zero-order valence-electron chi connectivity index (χ0n) is 7.61. The predicted octanol–water partition coefficient (Wildman–Crippen LogP) is 2.06. The van der Waals surface area contributed by atoms with Gasteiger partial charge in [-0.3, -0.25) is 4.79 Å². The molecule has 15 heavy (non-hydrogen) atoms. The van der Waals surface area contributed by atoms with Gasteiger partial charge in [-0.05, 0) is 30.3 Å². The third-order valence-electron chi connectivity index (χ3n) is 1.69. The zero-order chi connectivity index (χ0) is 10.7. The molecule has 0 fully saturated rings. The van der Waals surface area contributed by atoms with Crippen molar-refractivity contribution in [3.8, 4) is 0 Å². The van der Waals surface area contributed by atoms with E-state index in [-0.39, 0.29) is 11.4 Å². The van der Waals surface area contributed by atoms with E-state index in [0.29, 0.717) is 5.03 Å². The minimum atomic E-state index is -0.270. The number of H-pyrrole nitrogens is 1. The average molecular weight is 222 g/mol. The summed E-state index contributed by atoms with van der Waals surface area (Å²) in [4.78, 5) is 11.6. The van der Waals surface area contributed by atoms with E-state index in [1.165, 1.54) is 30.0 Å². The predicted molar refractivity (Wildman–Crippen MR) is 55.4 cm³/mol. The number of nitrogens with zero attached hydrogens (tertiary/aromatic N) is 1. The fourth-order valence-electron chi connectivity index (χ4n) is 1.01. The molecule has 1 aromatic carbocycles. The third-order valence-corrected chi connectivity index (χ3v) is 2.63. The Morgan fingerprint density at radius 1 is 1.13 bits per heavy atom. The minimum Gasteiger partial charge on any atom is -0.268 e. The standard InChI is InChI=1S/C10H7FN2OS/c11-7-1-3-8(4-2-7)15-10-6-5-9(14)12-13-10/h1-6H,(H,12,14). The Hall–Kier alpha value is -1.62. The Morgan fingerprint density at radius 2 is 1.87 bits per heavy atom. The molecule has 2 rings (SSSR count). The quantitative estimate of drug-likeness (QED) is 0.846. The third kappa shape index (κ3) is 2.66. The van der Waals surface area contributed by atoms with Crippen LogP contribution < -0.4 is 5.56 Å². The number of hydrogen-bond donors (Lipinski definition) is 1. The molecule has 3 nitrogen and oxygen atoms in total. The Bertz CT molecular complexity index is 489. The van der Waals surface area contributed by atoms with Gasteiger partial charge in [0.1, 0.15) is 10.8 Å². The summed E-state index contributed by atoms with van der Waals surface area (Å²) in [7, 11) is 0. The Morgan fingerprint density at radius 3 is 2.47 bits per heavy atom.